The predicted molar refractivity (Wildman–Crippen MR) is 84.3 cm³/mol. The third kappa shape index (κ3) is 2.60. The molecule has 2 aromatic heterocycles. The first-order chi connectivity index (χ1) is 10.1. The largest absolute Gasteiger partial charge is 0.477 e. The number of rotatable bonds is 4. The second-order valence-electron chi connectivity index (χ2n) is 5.77. The maximum absolute atomic E-state index is 11.3. The number of carboxylic acid groups (broad SMARTS) is 1. The number of nitrogens with zero attached hydrogens (tertiary/aromatic N) is 3. The number of carboxylic acids is 1. The van der Waals surface area contributed by atoms with Crippen LogP contribution in [0.2, 0.25) is 0 Å². The molecular formula is C15H19N3O2S. The Morgan fingerprint density at radius 3 is 2.81 bits per heavy atom. The summed E-state index contributed by atoms with van der Waals surface area (Å²) in [6, 6.07) is 0. The number of hydrogen-bond acceptors (Lipinski definition) is 5. The fourth-order valence-electron chi connectivity index (χ4n) is 3.21. The maximum Gasteiger partial charge on any atom is 0.346 e. The average molecular weight is 305 g/mol. The standard InChI is InChI=1S/C15H19N3O2S/c1-9-11-13(18(2)7-10-5-3-4-6-10)16-8-17-14(11)21-12(9)15(19)20/h8,10H,3-7H2,1-2H3,(H,19,20). The van der Waals surface area contributed by atoms with E-state index in [1.165, 1.54) is 43.3 Å². The third-order valence-corrected chi connectivity index (χ3v) is 5.46. The molecule has 1 aliphatic carbocycles. The molecule has 0 amide bonds. The third-order valence-electron chi connectivity index (χ3n) is 4.27. The zero-order chi connectivity index (χ0) is 15.0. The number of carbonyl (C=O) groups is 1. The zero-order valence-electron chi connectivity index (χ0n) is 12.3. The highest BCUT2D eigenvalue weighted by Gasteiger charge is 2.22. The molecule has 1 saturated carbocycles. The molecule has 1 fully saturated rings. The SMILES string of the molecule is Cc1c(C(=O)O)sc2ncnc(N(C)CC3CCCC3)c12. The van der Waals surface area contributed by atoms with Gasteiger partial charge in [0.1, 0.15) is 21.9 Å². The number of aromatic nitrogens is 2. The van der Waals surface area contributed by atoms with E-state index >= 15 is 0 Å². The molecule has 0 atom stereocenters. The Morgan fingerprint density at radius 1 is 1.43 bits per heavy atom. The van der Waals surface area contributed by atoms with Crippen molar-refractivity contribution >= 4 is 33.3 Å². The number of fused-ring (bicyclic) bond motifs is 1. The van der Waals surface area contributed by atoms with Gasteiger partial charge in [-0.2, -0.15) is 0 Å². The molecule has 21 heavy (non-hydrogen) atoms. The lowest BCUT2D eigenvalue weighted by molar-refractivity contribution is 0.0701. The molecule has 0 aliphatic heterocycles. The van der Waals surface area contributed by atoms with E-state index in [9.17, 15) is 9.90 Å². The lowest BCUT2D eigenvalue weighted by Gasteiger charge is -2.22. The number of thiophene rings is 1. The highest BCUT2D eigenvalue weighted by Crippen LogP contribution is 2.35. The number of anilines is 1. The predicted octanol–water partition coefficient (Wildman–Crippen LogP) is 3.32. The van der Waals surface area contributed by atoms with E-state index in [-0.39, 0.29) is 0 Å². The molecule has 0 aromatic carbocycles. The Morgan fingerprint density at radius 2 is 2.14 bits per heavy atom. The molecule has 1 aliphatic rings. The molecule has 0 spiro atoms. The van der Waals surface area contributed by atoms with Gasteiger partial charge in [-0.05, 0) is 31.2 Å². The van der Waals surface area contributed by atoms with E-state index in [0.29, 0.717) is 4.88 Å². The number of hydrogen-bond donors (Lipinski definition) is 1. The van der Waals surface area contributed by atoms with Crippen LogP contribution in [0.25, 0.3) is 10.2 Å². The topological polar surface area (TPSA) is 66.3 Å². The number of aryl methyl sites for hydroxylation is 1. The van der Waals surface area contributed by atoms with Crippen molar-refractivity contribution in [2.75, 3.05) is 18.5 Å². The monoisotopic (exact) mass is 305 g/mol. The Balaban J connectivity index is 1.99. The van der Waals surface area contributed by atoms with Crippen LogP contribution in [0.4, 0.5) is 5.82 Å². The fraction of sp³-hybridized carbons (Fsp3) is 0.533. The molecule has 5 nitrogen and oxygen atoms in total. The summed E-state index contributed by atoms with van der Waals surface area (Å²) >= 11 is 1.23. The summed E-state index contributed by atoms with van der Waals surface area (Å²) in [6.07, 6.45) is 6.73. The van der Waals surface area contributed by atoms with Crippen molar-refractivity contribution in [3.05, 3.63) is 16.8 Å². The summed E-state index contributed by atoms with van der Waals surface area (Å²) in [7, 11) is 2.04. The minimum atomic E-state index is -0.889. The van der Waals surface area contributed by atoms with Gasteiger partial charge < -0.3 is 10.0 Å². The fourth-order valence-corrected chi connectivity index (χ4v) is 4.20. The maximum atomic E-state index is 11.3. The molecule has 2 aromatic rings. The van der Waals surface area contributed by atoms with Crippen molar-refractivity contribution in [3.63, 3.8) is 0 Å². The Bertz CT molecular complexity index is 677. The first-order valence-electron chi connectivity index (χ1n) is 7.26. The normalized spacial score (nSPS) is 15.7. The summed E-state index contributed by atoms with van der Waals surface area (Å²) in [5.74, 6) is 0.686. The molecule has 6 heteroatoms. The van der Waals surface area contributed by atoms with Crippen LogP contribution < -0.4 is 4.90 Å². The van der Waals surface area contributed by atoms with Crippen LogP contribution in [0, 0.1) is 12.8 Å². The minimum Gasteiger partial charge on any atom is -0.477 e. The van der Waals surface area contributed by atoms with E-state index in [4.69, 9.17) is 0 Å². The van der Waals surface area contributed by atoms with Crippen molar-refractivity contribution in [2.45, 2.75) is 32.6 Å². The Kier molecular flexibility index (Phi) is 3.80. The van der Waals surface area contributed by atoms with Gasteiger partial charge in [0.2, 0.25) is 0 Å². The first kappa shape index (κ1) is 14.3. The van der Waals surface area contributed by atoms with E-state index in [2.05, 4.69) is 14.9 Å². The van der Waals surface area contributed by atoms with Gasteiger partial charge in [0.05, 0.1) is 5.39 Å². The van der Waals surface area contributed by atoms with Gasteiger partial charge in [-0.3, -0.25) is 0 Å². The molecule has 0 bridgehead atoms. The molecule has 3 rings (SSSR count). The summed E-state index contributed by atoms with van der Waals surface area (Å²) in [5.41, 5.74) is 0.774. The lowest BCUT2D eigenvalue weighted by Crippen LogP contribution is -2.25. The first-order valence-corrected chi connectivity index (χ1v) is 8.08. The highest BCUT2D eigenvalue weighted by molar-refractivity contribution is 7.20. The smallest absolute Gasteiger partial charge is 0.346 e. The quantitative estimate of drug-likeness (QED) is 0.938. The van der Waals surface area contributed by atoms with Crippen LogP contribution in [0.1, 0.15) is 40.9 Å². The van der Waals surface area contributed by atoms with Gasteiger partial charge in [0.25, 0.3) is 0 Å². The molecular weight excluding hydrogens is 286 g/mol. The molecule has 2 heterocycles. The molecule has 1 N–H and O–H groups in total. The number of aromatic carboxylic acids is 1. The van der Waals surface area contributed by atoms with Crippen molar-refractivity contribution in [2.24, 2.45) is 5.92 Å². The van der Waals surface area contributed by atoms with Gasteiger partial charge in [-0.25, -0.2) is 14.8 Å². The van der Waals surface area contributed by atoms with Crippen molar-refractivity contribution in [1.82, 2.24) is 9.97 Å². The van der Waals surface area contributed by atoms with Crippen LogP contribution in [-0.4, -0.2) is 34.6 Å². The van der Waals surface area contributed by atoms with Crippen molar-refractivity contribution < 1.29 is 9.90 Å². The van der Waals surface area contributed by atoms with Crippen LogP contribution in [-0.2, 0) is 0 Å². The molecule has 0 saturated heterocycles. The minimum absolute atomic E-state index is 0.362. The van der Waals surface area contributed by atoms with Crippen LogP contribution in [0.5, 0.6) is 0 Å². The summed E-state index contributed by atoms with van der Waals surface area (Å²) < 4.78 is 0. The summed E-state index contributed by atoms with van der Waals surface area (Å²) in [4.78, 5) is 23.2. The van der Waals surface area contributed by atoms with Gasteiger partial charge in [0.15, 0.2) is 0 Å². The second kappa shape index (κ2) is 5.60. The van der Waals surface area contributed by atoms with Crippen LogP contribution >= 0.6 is 11.3 Å². The van der Waals surface area contributed by atoms with Crippen LogP contribution in [0.15, 0.2) is 6.33 Å². The molecule has 0 unspecified atom stereocenters. The average Bonchev–Trinajstić information content (AvgIpc) is 3.07. The lowest BCUT2D eigenvalue weighted by atomic mass is 10.1. The van der Waals surface area contributed by atoms with Crippen LogP contribution in [0.3, 0.4) is 0 Å². The van der Waals surface area contributed by atoms with E-state index in [0.717, 1.165) is 34.1 Å². The Hall–Kier alpha value is -1.69. The van der Waals surface area contributed by atoms with Gasteiger partial charge in [-0.1, -0.05) is 12.8 Å². The van der Waals surface area contributed by atoms with Crippen molar-refractivity contribution in [1.29, 1.82) is 0 Å². The van der Waals surface area contributed by atoms with E-state index in [1.54, 1.807) is 0 Å². The second-order valence-corrected chi connectivity index (χ2v) is 6.77. The van der Waals surface area contributed by atoms with Crippen molar-refractivity contribution in [3.8, 4) is 0 Å². The molecule has 0 radical (unpaired) electrons. The van der Waals surface area contributed by atoms with Gasteiger partial charge in [0, 0.05) is 13.6 Å². The molecule has 112 valence electrons. The van der Waals surface area contributed by atoms with Gasteiger partial charge >= 0.3 is 5.97 Å². The summed E-state index contributed by atoms with van der Waals surface area (Å²) in [6.45, 7) is 2.82. The summed E-state index contributed by atoms with van der Waals surface area (Å²) in [5, 5.41) is 10.2. The van der Waals surface area contributed by atoms with Gasteiger partial charge in [-0.15, -0.1) is 11.3 Å². The zero-order valence-corrected chi connectivity index (χ0v) is 13.1. The van der Waals surface area contributed by atoms with E-state index < -0.39 is 5.97 Å². The Labute approximate surface area is 127 Å². The highest BCUT2D eigenvalue weighted by atomic mass is 32.1. The van der Waals surface area contributed by atoms with E-state index in [1.807, 2.05) is 14.0 Å².